The lowest BCUT2D eigenvalue weighted by molar-refractivity contribution is -0.159. The van der Waals surface area contributed by atoms with Crippen molar-refractivity contribution in [3.05, 3.63) is 89.5 Å². The molecule has 1 heterocycles. The van der Waals surface area contributed by atoms with E-state index >= 15 is 0 Å². The lowest BCUT2D eigenvalue weighted by Gasteiger charge is -2.44. The van der Waals surface area contributed by atoms with E-state index in [1.165, 1.54) is 5.56 Å². The third-order valence-corrected chi connectivity index (χ3v) is 5.83. The van der Waals surface area contributed by atoms with Crippen LogP contribution in [0, 0.1) is 0 Å². The molecule has 1 aliphatic heterocycles. The molecule has 1 N–H and O–H groups in total. The number of anilines is 1. The molecule has 0 bridgehead atoms. The van der Waals surface area contributed by atoms with Crippen LogP contribution in [0.2, 0.25) is 0 Å². The molecule has 0 aromatic heterocycles. The molecular weight excluding hydrogens is 402 g/mol. The summed E-state index contributed by atoms with van der Waals surface area (Å²) in [5.74, 6) is 1.68. The topological polar surface area (TPSA) is 49.0 Å². The Labute approximate surface area is 190 Å². The van der Waals surface area contributed by atoms with E-state index in [0.717, 1.165) is 28.3 Å². The molecule has 4 rings (SSSR count). The van der Waals surface area contributed by atoms with Crippen LogP contribution >= 0.6 is 0 Å². The van der Waals surface area contributed by atoms with E-state index in [9.17, 15) is 0 Å². The van der Waals surface area contributed by atoms with Gasteiger partial charge >= 0.3 is 0 Å². The smallest absolute Gasteiger partial charge is 0.132 e. The number of methoxy groups -OCH3 is 2. The Balaban J connectivity index is 1.51. The number of hydrogen-bond donors (Lipinski definition) is 1. The maximum absolute atomic E-state index is 6.35. The normalized spacial score (nSPS) is 19.0. The average molecular weight is 434 g/mol. The zero-order valence-electron chi connectivity index (χ0n) is 19.1. The number of nitrogens with one attached hydrogen (secondary N) is 1. The van der Waals surface area contributed by atoms with Gasteiger partial charge in [0.15, 0.2) is 0 Å². The highest BCUT2D eigenvalue weighted by Crippen LogP contribution is 2.44. The fourth-order valence-electron chi connectivity index (χ4n) is 4.09. The largest absolute Gasteiger partial charge is 0.497 e. The van der Waals surface area contributed by atoms with Crippen molar-refractivity contribution >= 4 is 5.69 Å². The summed E-state index contributed by atoms with van der Waals surface area (Å²) in [5.41, 5.74) is 3.77. The van der Waals surface area contributed by atoms with Gasteiger partial charge in [-0.05, 0) is 55.3 Å². The average Bonchev–Trinajstić information content (AvgIpc) is 2.81. The van der Waals surface area contributed by atoms with Crippen molar-refractivity contribution in [3.63, 3.8) is 0 Å². The van der Waals surface area contributed by atoms with Crippen molar-refractivity contribution in [3.8, 4) is 11.5 Å². The minimum Gasteiger partial charge on any atom is -0.497 e. The summed E-state index contributed by atoms with van der Waals surface area (Å²) in [6.45, 7) is 5.31. The van der Waals surface area contributed by atoms with Gasteiger partial charge in [-0.3, -0.25) is 0 Å². The Hall–Kier alpha value is -3.02. The van der Waals surface area contributed by atoms with Gasteiger partial charge in [-0.25, -0.2) is 0 Å². The van der Waals surface area contributed by atoms with Crippen LogP contribution < -0.4 is 14.8 Å². The highest BCUT2D eigenvalue weighted by atomic mass is 16.6. The van der Waals surface area contributed by atoms with Crippen LogP contribution in [0.1, 0.15) is 36.6 Å². The number of benzene rings is 3. The van der Waals surface area contributed by atoms with Crippen LogP contribution in [0.5, 0.6) is 11.5 Å². The minimum atomic E-state index is -0.527. The molecule has 0 aliphatic carbocycles. The predicted molar refractivity (Wildman–Crippen MR) is 126 cm³/mol. The number of hydrogen-bond acceptors (Lipinski definition) is 5. The quantitative estimate of drug-likeness (QED) is 0.490. The molecule has 0 saturated carbocycles. The van der Waals surface area contributed by atoms with E-state index in [2.05, 4.69) is 35.6 Å². The summed E-state index contributed by atoms with van der Waals surface area (Å²) in [7, 11) is 3.40. The lowest BCUT2D eigenvalue weighted by Crippen LogP contribution is -2.50. The molecule has 3 aromatic carbocycles. The number of ether oxygens (including phenoxy) is 4. The van der Waals surface area contributed by atoms with E-state index in [1.54, 1.807) is 14.2 Å². The fraction of sp³-hybridized carbons (Fsp3) is 0.333. The second kappa shape index (κ2) is 9.63. The van der Waals surface area contributed by atoms with Gasteiger partial charge < -0.3 is 24.3 Å². The van der Waals surface area contributed by atoms with E-state index in [4.69, 9.17) is 18.9 Å². The Morgan fingerprint density at radius 1 is 0.906 bits per heavy atom. The highest BCUT2D eigenvalue weighted by Gasteiger charge is 2.45. The van der Waals surface area contributed by atoms with E-state index in [0.29, 0.717) is 13.2 Å². The first-order chi connectivity index (χ1) is 15.5. The van der Waals surface area contributed by atoms with Gasteiger partial charge in [0.05, 0.1) is 13.7 Å². The zero-order chi connectivity index (χ0) is 22.6. The predicted octanol–water partition coefficient (Wildman–Crippen LogP) is 5.75. The summed E-state index contributed by atoms with van der Waals surface area (Å²) < 4.78 is 23.9. The molecule has 2 unspecified atom stereocenters. The van der Waals surface area contributed by atoms with Crippen molar-refractivity contribution in [2.45, 2.75) is 44.8 Å². The molecular formula is C27H31NO4. The van der Waals surface area contributed by atoms with Crippen LogP contribution in [0.25, 0.3) is 0 Å². The van der Waals surface area contributed by atoms with Crippen molar-refractivity contribution in [2.75, 3.05) is 19.5 Å². The van der Waals surface area contributed by atoms with Gasteiger partial charge in [0.2, 0.25) is 0 Å². The van der Waals surface area contributed by atoms with Crippen molar-refractivity contribution < 1.29 is 18.9 Å². The van der Waals surface area contributed by atoms with Crippen LogP contribution in [0.15, 0.2) is 72.8 Å². The van der Waals surface area contributed by atoms with Crippen molar-refractivity contribution in [1.29, 1.82) is 0 Å². The third-order valence-electron chi connectivity index (χ3n) is 5.83. The maximum atomic E-state index is 6.35. The van der Waals surface area contributed by atoms with Gasteiger partial charge in [0.1, 0.15) is 29.3 Å². The van der Waals surface area contributed by atoms with Crippen LogP contribution in [-0.4, -0.2) is 25.9 Å². The standard InChI is InChI=1S/C27H31NO4/c1-27(2)26(31-18-20-8-6-5-7-9-20)25(30-4)23-16-21(12-15-24(23)32-27)28-17-19-10-13-22(29-3)14-11-19/h5-16,25-26,28H,17-18H2,1-4H3. The number of fused-ring (bicyclic) bond motifs is 1. The summed E-state index contributed by atoms with van der Waals surface area (Å²) in [6.07, 6.45) is -0.489. The van der Waals surface area contributed by atoms with Crippen LogP contribution in [0.4, 0.5) is 5.69 Å². The molecule has 32 heavy (non-hydrogen) atoms. The third kappa shape index (κ3) is 4.90. The van der Waals surface area contributed by atoms with Gasteiger partial charge in [-0.2, -0.15) is 0 Å². The Bertz CT molecular complexity index is 1020. The summed E-state index contributed by atoms with van der Waals surface area (Å²) >= 11 is 0. The summed E-state index contributed by atoms with van der Waals surface area (Å²) in [4.78, 5) is 0. The summed E-state index contributed by atoms with van der Waals surface area (Å²) in [5, 5.41) is 3.49. The van der Waals surface area contributed by atoms with Gasteiger partial charge in [-0.1, -0.05) is 42.5 Å². The Morgan fingerprint density at radius 2 is 1.66 bits per heavy atom. The monoisotopic (exact) mass is 433 g/mol. The van der Waals surface area contributed by atoms with E-state index in [1.807, 2.05) is 56.3 Å². The lowest BCUT2D eigenvalue weighted by atomic mass is 9.88. The first kappa shape index (κ1) is 22.2. The molecule has 5 heteroatoms. The van der Waals surface area contributed by atoms with Crippen molar-refractivity contribution in [1.82, 2.24) is 0 Å². The van der Waals surface area contributed by atoms with E-state index < -0.39 is 5.60 Å². The molecule has 3 aromatic rings. The molecule has 0 fully saturated rings. The molecule has 1 aliphatic rings. The van der Waals surface area contributed by atoms with Gasteiger partial charge in [-0.15, -0.1) is 0 Å². The van der Waals surface area contributed by atoms with Gasteiger partial charge in [0.25, 0.3) is 0 Å². The fourth-order valence-corrected chi connectivity index (χ4v) is 4.09. The highest BCUT2D eigenvalue weighted by molar-refractivity contribution is 5.54. The van der Waals surface area contributed by atoms with Gasteiger partial charge in [0, 0.05) is 24.9 Å². The molecule has 2 atom stereocenters. The summed E-state index contributed by atoms with van der Waals surface area (Å²) in [6, 6.07) is 24.4. The molecule has 0 radical (unpaired) electrons. The Kier molecular flexibility index (Phi) is 6.68. The maximum Gasteiger partial charge on any atom is 0.132 e. The van der Waals surface area contributed by atoms with Crippen LogP contribution in [0.3, 0.4) is 0 Å². The second-order valence-electron chi connectivity index (χ2n) is 8.53. The Morgan fingerprint density at radius 3 is 2.34 bits per heavy atom. The molecule has 0 spiro atoms. The molecule has 168 valence electrons. The second-order valence-corrected chi connectivity index (χ2v) is 8.53. The molecule has 5 nitrogen and oxygen atoms in total. The van der Waals surface area contributed by atoms with E-state index in [-0.39, 0.29) is 12.2 Å². The molecule has 0 saturated heterocycles. The van der Waals surface area contributed by atoms with Crippen molar-refractivity contribution in [2.24, 2.45) is 0 Å². The first-order valence-corrected chi connectivity index (χ1v) is 10.9. The number of rotatable bonds is 8. The first-order valence-electron chi connectivity index (χ1n) is 10.9. The SMILES string of the molecule is COc1ccc(CNc2ccc3c(c2)C(OC)C(OCc2ccccc2)C(C)(C)O3)cc1. The molecule has 0 amide bonds. The van der Waals surface area contributed by atoms with Crippen LogP contribution in [-0.2, 0) is 22.6 Å². The zero-order valence-corrected chi connectivity index (χ0v) is 19.1. The minimum absolute atomic E-state index is 0.236.